The summed E-state index contributed by atoms with van der Waals surface area (Å²) in [5.41, 5.74) is 2.80. The van der Waals surface area contributed by atoms with Crippen LogP contribution in [0.3, 0.4) is 0 Å². The van der Waals surface area contributed by atoms with E-state index in [0.717, 1.165) is 27.8 Å². The summed E-state index contributed by atoms with van der Waals surface area (Å²) in [6, 6.07) is 9.48. The first-order chi connectivity index (χ1) is 12.5. The second-order valence-electron chi connectivity index (χ2n) is 6.29. The van der Waals surface area contributed by atoms with E-state index in [1.807, 2.05) is 51.1 Å². The lowest BCUT2D eigenvalue weighted by molar-refractivity contribution is -0.118. The van der Waals surface area contributed by atoms with E-state index in [4.69, 9.17) is 14.2 Å². The minimum Gasteiger partial charge on any atom is -0.492 e. The quantitative estimate of drug-likeness (QED) is 0.748. The molecule has 1 heterocycles. The first-order valence-electron chi connectivity index (χ1n) is 8.61. The summed E-state index contributed by atoms with van der Waals surface area (Å²) in [6.07, 6.45) is 0.974. The molecular formula is C20H22BrNO4. The van der Waals surface area contributed by atoms with Crippen molar-refractivity contribution in [1.82, 2.24) is 0 Å². The van der Waals surface area contributed by atoms with Crippen molar-refractivity contribution in [2.75, 3.05) is 18.5 Å². The van der Waals surface area contributed by atoms with Crippen LogP contribution in [0.4, 0.5) is 5.69 Å². The van der Waals surface area contributed by atoms with Gasteiger partial charge in [0, 0.05) is 18.1 Å². The van der Waals surface area contributed by atoms with Gasteiger partial charge in [0.1, 0.15) is 23.4 Å². The van der Waals surface area contributed by atoms with Crippen LogP contribution < -0.4 is 19.5 Å². The van der Waals surface area contributed by atoms with Gasteiger partial charge in [0.2, 0.25) is 0 Å². The number of amides is 1. The molecule has 0 aliphatic carbocycles. The van der Waals surface area contributed by atoms with Gasteiger partial charge in [-0.05, 0) is 60.5 Å². The Morgan fingerprint density at radius 3 is 2.81 bits per heavy atom. The molecule has 2 aromatic carbocycles. The number of benzene rings is 2. The smallest absolute Gasteiger partial charge is 0.262 e. The van der Waals surface area contributed by atoms with Crippen LogP contribution in [0.1, 0.15) is 25.0 Å². The molecule has 0 aromatic heterocycles. The van der Waals surface area contributed by atoms with Crippen LogP contribution in [0.5, 0.6) is 17.2 Å². The fraction of sp³-hybridized carbons (Fsp3) is 0.350. The van der Waals surface area contributed by atoms with Crippen molar-refractivity contribution in [2.24, 2.45) is 0 Å². The van der Waals surface area contributed by atoms with Gasteiger partial charge in [0.25, 0.3) is 5.91 Å². The summed E-state index contributed by atoms with van der Waals surface area (Å²) in [5, 5.41) is 2.86. The first kappa shape index (κ1) is 18.6. The van der Waals surface area contributed by atoms with Crippen molar-refractivity contribution in [2.45, 2.75) is 33.3 Å². The third-order valence-electron chi connectivity index (χ3n) is 4.02. The molecule has 0 saturated carbocycles. The van der Waals surface area contributed by atoms with Crippen molar-refractivity contribution >= 4 is 27.5 Å². The van der Waals surface area contributed by atoms with E-state index in [9.17, 15) is 4.79 Å². The molecule has 1 unspecified atom stereocenters. The van der Waals surface area contributed by atoms with Crippen LogP contribution in [0.2, 0.25) is 0 Å². The van der Waals surface area contributed by atoms with Gasteiger partial charge in [-0.1, -0.05) is 6.07 Å². The van der Waals surface area contributed by atoms with Crippen molar-refractivity contribution in [3.05, 3.63) is 45.9 Å². The Bertz CT molecular complexity index is 822. The molecule has 2 aromatic rings. The highest BCUT2D eigenvalue weighted by atomic mass is 79.9. The van der Waals surface area contributed by atoms with Crippen molar-refractivity contribution in [1.29, 1.82) is 0 Å². The fourth-order valence-corrected chi connectivity index (χ4v) is 3.47. The Labute approximate surface area is 161 Å². The normalized spacial score (nSPS) is 15.2. The molecule has 138 valence electrons. The maximum absolute atomic E-state index is 12.3. The van der Waals surface area contributed by atoms with Crippen LogP contribution in [0.25, 0.3) is 0 Å². The molecular weight excluding hydrogens is 398 g/mol. The molecule has 6 heteroatoms. The predicted molar refractivity (Wildman–Crippen MR) is 104 cm³/mol. The molecule has 1 aliphatic rings. The van der Waals surface area contributed by atoms with Gasteiger partial charge in [0.15, 0.2) is 6.61 Å². The summed E-state index contributed by atoms with van der Waals surface area (Å²) < 4.78 is 17.9. The fourth-order valence-electron chi connectivity index (χ4n) is 2.86. The molecule has 26 heavy (non-hydrogen) atoms. The number of carbonyl (C=O) groups is 1. The number of aryl methyl sites for hydroxylation is 1. The Balaban J connectivity index is 1.69. The number of fused-ring (bicyclic) bond motifs is 1. The van der Waals surface area contributed by atoms with Gasteiger partial charge >= 0.3 is 0 Å². The van der Waals surface area contributed by atoms with Gasteiger partial charge < -0.3 is 19.5 Å². The Morgan fingerprint density at radius 1 is 1.27 bits per heavy atom. The largest absolute Gasteiger partial charge is 0.492 e. The summed E-state index contributed by atoms with van der Waals surface area (Å²) in [4.78, 5) is 12.3. The maximum atomic E-state index is 12.3. The van der Waals surface area contributed by atoms with E-state index in [0.29, 0.717) is 23.8 Å². The number of hydrogen-bond donors (Lipinski definition) is 1. The summed E-state index contributed by atoms with van der Waals surface area (Å²) >= 11 is 3.44. The second kappa shape index (κ2) is 7.99. The molecule has 0 saturated heterocycles. The highest BCUT2D eigenvalue weighted by Crippen LogP contribution is 2.38. The predicted octanol–water partition coefficient (Wildman–Crippen LogP) is 4.50. The molecule has 0 radical (unpaired) electrons. The van der Waals surface area contributed by atoms with Gasteiger partial charge in [-0.25, -0.2) is 0 Å². The third-order valence-corrected chi connectivity index (χ3v) is 4.64. The summed E-state index contributed by atoms with van der Waals surface area (Å²) in [6.45, 7) is 6.35. The maximum Gasteiger partial charge on any atom is 0.262 e. The van der Waals surface area contributed by atoms with Crippen LogP contribution in [-0.4, -0.2) is 25.2 Å². The molecule has 0 fully saturated rings. The van der Waals surface area contributed by atoms with E-state index in [-0.39, 0.29) is 18.6 Å². The van der Waals surface area contributed by atoms with E-state index in [1.54, 1.807) is 0 Å². The van der Waals surface area contributed by atoms with E-state index >= 15 is 0 Å². The zero-order valence-corrected chi connectivity index (χ0v) is 16.7. The average molecular weight is 420 g/mol. The van der Waals surface area contributed by atoms with Crippen LogP contribution in [-0.2, 0) is 11.2 Å². The lowest BCUT2D eigenvalue weighted by Crippen LogP contribution is -2.20. The molecule has 0 bridgehead atoms. The van der Waals surface area contributed by atoms with E-state index < -0.39 is 0 Å². The number of nitrogens with one attached hydrogen (secondary N) is 1. The standard InChI is InChI=1S/C20H22BrNO4/c1-4-24-19-9-14-8-13(3)26-18(14)10-16(19)22-20(23)11-25-17-6-5-12(2)7-15(17)21/h5-7,9-10,13H,4,8,11H2,1-3H3,(H,22,23). The number of ether oxygens (including phenoxy) is 3. The minimum absolute atomic E-state index is 0.0957. The molecule has 1 amide bonds. The number of halogens is 1. The Morgan fingerprint density at radius 2 is 2.08 bits per heavy atom. The highest BCUT2D eigenvalue weighted by Gasteiger charge is 2.22. The van der Waals surface area contributed by atoms with Crippen molar-refractivity contribution in [3.8, 4) is 17.2 Å². The molecule has 0 spiro atoms. The second-order valence-corrected chi connectivity index (χ2v) is 7.15. The minimum atomic E-state index is -0.260. The topological polar surface area (TPSA) is 56.8 Å². The number of carbonyl (C=O) groups excluding carboxylic acids is 1. The van der Waals surface area contributed by atoms with Crippen LogP contribution in [0.15, 0.2) is 34.8 Å². The molecule has 1 atom stereocenters. The average Bonchev–Trinajstić information content (AvgIpc) is 2.93. The molecule has 1 aliphatic heterocycles. The van der Waals surface area contributed by atoms with Gasteiger partial charge in [-0.2, -0.15) is 0 Å². The lowest BCUT2D eigenvalue weighted by Gasteiger charge is -2.14. The number of rotatable bonds is 6. The zero-order valence-electron chi connectivity index (χ0n) is 15.1. The van der Waals surface area contributed by atoms with Crippen molar-refractivity contribution < 1.29 is 19.0 Å². The SMILES string of the molecule is CCOc1cc2c(cc1NC(=O)COc1ccc(C)cc1Br)OC(C)C2. The van der Waals surface area contributed by atoms with Gasteiger partial charge in [0.05, 0.1) is 16.8 Å². The first-order valence-corrected chi connectivity index (χ1v) is 9.40. The van der Waals surface area contributed by atoms with Crippen LogP contribution >= 0.6 is 15.9 Å². The number of hydrogen-bond acceptors (Lipinski definition) is 4. The summed E-state index contributed by atoms with van der Waals surface area (Å²) in [5.74, 6) is 1.80. The van der Waals surface area contributed by atoms with Crippen LogP contribution in [0, 0.1) is 6.92 Å². The van der Waals surface area contributed by atoms with E-state index in [2.05, 4.69) is 21.2 Å². The highest BCUT2D eigenvalue weighted by molar-refractivity contribution is 9.10. The van der Waals surface area contributed by atoms with Gasteiger partial charge in [-0.3, -0.25) is 4.79 Å². The summed E-state index contributed by atoms with van der Waals surface area (Å²) in [7, 11) is 0. The Hall–Kier alpha value is -2.21. The molecule has 3 rings (SSSR count). The molecule has 1 N–H and O–H groups in total. The number of anilines is 1. The lowest BCUT2D eigenvalue weighted by atomic mass is 10.1. The van der Waals surface area contributed by atoms with Gasteiger partial charge in [-0.15, -0.1) is 0 Å². The molecule has 5 nitrogen and oxygen atoms in total. The third kappa shape index (κ3) is 4.30. The van der Waals surface area contributed by atoms with Crippen molar-refractivity contribution in [3.63, 3.8) is 0 Å². The Kier molecular flexibility index (Phi) is 5.71. The monoisotopic (exact) mass is 419 g/mol. The van der Waals surface area contributed by atoms with E-state index in [1.165, 1.54) is 0 Å². The zero-order chi connectivity index (χ0) is 18.7.